The van der Waals surface area contributed by atoms with Gasteiger partial charge in [-0.15, -0.1) is 0 Å². The summed E-state index contributed by atoms with van der Waals surface area (Å²) in [7, 11) is 0. The standard InChI is InChI=1S/C29H37N5O5/c30-23(16-20-10-12-22(35)13-11-20)28(38)33-14-4-8-21(33)18-26(36)32-24(17-19-6-2-1-3-7-19)29(39)34-15-5-9-25(34)27(31)37/h1-3,6-7,10-13,21,23-25,35H,4-5,8-9,14-18,30H2,(H2,31,37)(H,32,36)/t21-,23-,24-,25-/m0/s1. The summed E-state index contributed by atoms with van der Waals surface area (Å²) in [5.74, 6) is -1.30. The summed E-state index contributed by atoms with van der Waals surface area (Å²) in [5, 5.41) is 12.4. The number of nitrogens with one attached hydrogen (secondary N) is 1. The van der Waals surface area contributed by atoms with Crippen LogP contribution in [-0.2, 0) is 32.0 Å². The molecule has 0 aliphatic carbocycles. The number of aromatic hydroxyl groups is 1. The Morgan fingerprint density at radius 1 is 0.872 bits per heavy atom. The SMILES string of the molecule is NC(=O)[C@@H]1CCCN1C(=O)[C@H](Cc1ccccc1)NC(=O)C[C@@H]1CCCN1C(=O)[C@@H](N)Cc1ccc(O)cc1. The molecule has 4 amide bonds. The van der Waals surface area contributed by atoms with Crippen LogP contribution in [0.25, 0.3) is 0 Å². The van der Waals surface area contributed by atoms with E-state index in [0.717, 1.165) is 17.5 Å². The third kappa shape index (κ3) is 7.14. The molecular weight excluding hydrogens is 498 g/mol. The van der Waals surface area contributed by atoms with E-state index in [-0.39, 0.29) is 42.4 Å². The number of primary amides is 1. The second kappa shape index (κ2) is 12.8. The number of rotatable bonds is 10. The highest BCUT2D eigenvalue weighted by molar-refractivity contribution is 5.92. The van der Waals surface area contributed by atoms with Gasteiger partial charge in [0.25, 0.3) is 0 Å². The van der Waals surface area contributed by atoms with Crippen LogP contribution in [0.2, 0.25) is 0 Å². The highest BCUT2D eigenvalue weighted by Gasteiger charge is 2.38. The lowest BCUT2D eigenvalue weighted by molar-refractivity contribution is -0.141. The van der Waals surface area contributed by atoms with Gasteiger partial charge in [-0.2, -0.15) is 0 Å². The molecule has 2 heterocycles. The van der Waals surface area contributed by atoms with Crippen molar-refractivity contribution in [3.63, 3.8) is 0 Å². The van der Waals surface area contributed by atoms with E-state index in [0.29, 0.717) is 38.8 Å². The Bertz CT molecular complexity index is 1170. The Kier molecular flexibility index (Phi) is 9.19. The summed E-state index contributed by atoms with van der Waals surface area (Å²) < 4.78 is 0. The van der Waals surface area contributed by atoms with E-state index < -0.39 is 24.0 Å². The van der Waals surface area contributed by atoms with Crippen LogP contribution in [0.4, 0.5) is 0 Å². The Balaban J connectivity index is 1.41. The van der Waals surface area contributed by atoms with Gasteiger partial charge in [-0.05, 0) is 55.4 Å². The molecule has 0 bridgehead atoms. The van der Waals surface area contributed by atoms with Crippen molar-refractivity contribution in [1.82, 2.24) is 15.1 Å². The molecule has 0 unspecified atom stereocenters. The number of nitrogens with zero attached hydrogens (tertiary/aromatic N) is 2. The van der Waals surface area contributed by atoms with Crippen LogP contribution in [0, 0.1) is 0 Å². The van der Waals surface area contributed by atoms with Crippen molar-refractivity contribution in [1.29, 1.82) is 0 Å². The molecule has 10 heteroatoms. The molecule has 4 atom stereocenters. The average Bonchev–Trinajstić information content (AvgIpc) is 3.59. The van der Waals surface area contributed by atoms with Crippen molar-refractivity contribution in [2.45, 2.75) is 69.1 Å². The highest BCUT2D eigenvalue weighted by atomic mass is 16.3. The average molecular weight is 536 g/mol. The molecule has 0 aromatic heterocycles. The van der Waals surface area contributed by atoms with E-state index in [2.05, 4.69) is 5.32 Å². The second-order valence-corrected chi connectivity index (χ2v) is 10.4. The molecule has 2 aromatic rings. The van der Waals surface area contributed by atoms with Crippen LogP contribution in [0.3, 0.4) is 0 Å². The lowest BCUT2D eigenvalue weighted by Gasteiger charge is -2.30. The zero-order valence-electron chi connectivity index (χ0n) is 22.0. The van der Waals surface area contributed by atoms with Crippen LogP contribution in [0.1, 0.15) is 43.2 Å². The first-order chi connectivity index (χ1) is 18.7. The Morgan fingerprint density at radius 3 is 2.21 bits per heavy atom. The fourth-order valence-corrected chi connectivity index (χ4v) is 5.57. The number of carbonyl (C=O) groups excluding carboxylic acids is 4. The number of amides is 4. The Hall–Kier alpha value is -3.92. The first-order valence-corrected chi connectivity index (χ1v) is 13.5. The predicted molar refractivity (Wildman–Crippen MR) is 145 cm³/mol. The Morgan fingerprint density at radius 2 is 1.51 bits per heavy atom. The summed E-state index contributed by atoms with van der Waals surface area (Å²) >= 11 is 0. The first kappa shape index (κ1) is 28.1. The molecule has 2 fully saturated rings. The highest BCUT2D eigenvalue weighted by Crippen LogP contribution is 2.23. The topological polar surface area (TPSA) is 159 Å². The number of hydrogen-bond acceptors (Lipinski definition) is 6. The fourth-order valence-electron chi connectivity index (χ4n) is 5.57. The zero-order valence-corrected chi connectivity index (χ0v) is 22.0. The van der Waals surface area contributed by atoms with Crippen LogP contribution >= 0.6 is 0 Å². The fraction of sp³-hybridized carbons (Fsp3) is 0.448. The molecule has 10 nitrogen and oxygen atoms in total. The van der Waals surface area contributed by atoms with Gasteiger partial charge in [0.2, 0.25) is 23.6 Å². The number of hydrogen-bond donors (Lipinski definition) is 4. The van der Waals surface area contributed by atoms with Crippen molar-refractivity contribution in [3.05, 3.63) is 65.7 Å². The summed E-state index contributed by atoms with van der Waals surface area (Å²) in [6.45, 7) is 0.928. The van der Waals surface area contributed by atoms with E-state index in [1.54, 1.807) is 29.2 Å². The first-order valence-electron chi connectivity index (χ1n) is 13.5. The van der Waals surface area contributed by atoms with Crippen LogP contribution < -0.4 is 16.8 Å². The third-order valence-corrected chi connectivity index (χ3v) is 7.57. The van der Waals surface area contributed by atoms with Crippen molar-refractivity contribution < 1.29 is 24.3 Å². The molecule has 4 rings (SSSR count). The minimum atomic E-state index is -0.859. The Labute approximate surface area is 228 Å². The molecule has 6 N–H and O–H groups in total. The van der Waals surface area contributed by atoms with Crippen molar-refractivity contribution in [3.8, 4) is 5.75 Å². The normalized spacial score (nSPS) is 20.4. The lowest BCUT2D eigenvalue weighted by atomic mass is 10.0. The summed E-state index contributed by atoms with van der Waals surface area (Å²) in [6, 6.07) is 13.3. The molecule has 0 saturated carbocycles. The van der Waals surface area contributed by atoms with Crippen LogP contribution in [0.15, 0.2) is 54.6 Å². The van der Waals surface area contributed by atoms with Crippen LogP contribution in [-0.4, -0.2) is 75.8 Å². The minimum Gasteiger partial charge on any atom is -0.508 e. The van der Waals surface area contributed by atoms with Crippen molar-refractivity contribution in [2.24, 2.45) is 11.5 Å². The maximum Gasteiger partial charge on any atom is 0.246 e. The van der Waals surface area contributed by atoms with Gasteiger partial charge in [0, 0.05) is 32.0 Å². The smallest absolute Gasteiger partial charge is 0.246 e. The lowest BCUT2D eigenvalue weighted by Crippen LogP contribution is -2.54. The summed E-state index contributed by atoms with van der Waals surface area (Å²) in [4.78, 5) is 55.0. The summed E-state index contributed by atoms with van der Waals surface area (Å²) in [6.07, 6.45) is 3.26. The maximum absolute atomic E-state index is 13.5. The van der Waals surface area contributed by atoms with Crippen molar-refractivity contribution >= 4 is 23.6 Å². The van der Waals surface area contributed by atoms with Gasteiger partial charge in [-0.1, -0.05) is 42.5 Å². The number of phenolic OH excluding ortho intramolecular Hbond substituents is 1. The van der Waals surface area contributed by atoms with E-state index in [1.807, 2.05) is 30.3 Å². The van der Waals surface area contributed by atoms with Crippen molar-refractivity contribution in [2.75, 3.05) is 13.1 Å². The number of likely N-dealkylation sites (tertiary alicyclic amines) is 2. The number of benzene rings is 2. The number of carbonyl (C=O) groups is 4. The zero-order chi connectivity index (χ0) is 27.9. The van der Waals surface area contributed by atoms with Gasteiger partial charge >= 0.3 is 0 Å². The molecule has 0 spiro atoms. The predicted octanol–water partition coefficient (Wildman–Crippen LogP) is 0.847. The molecule has 2 aliphatic rings. The quantitative estimate of drug-likeness (QED) is 0.353. The van der Waals surface area contributed by atoms with Gasteiger partial charge in [0.05, 0.1) is 6.04 Å². The molecule has 2 saturated heterocycles. The van der Waals surface area contributed by atoms with E-state index in [1.165, 1.54) is 4.90 Å². The van der Waals surface area contributed by atoms with E-state index in [9.17, 15) is 24.3 Å². The van der Waals surface area contributed by atoms with Gasteiger partial charge < -0.3 is 31.7 Å². The monoisotopic (exact) mass is 535 g/mol. The van der Waals surface area contributed by atoms with Gasteiger partial charge in [0.15, 0.2) is 0 Å². The molecule has 208 valence electrons. The third-order valence-electron chi connectivity index (χ3n) is 7.57. The van der Waals surface area contributed by atoms with Gasteiger partial charge in [-0.3, -0.25) is 19.2 Å². The van der Waals surface area contributed by atoms with Crippen LogP contribution in [0.5, 0.6) is 5.75 Å². The molecular formula is C29H37N5O5. The molecule has 2 aliphatic heterocycles. The van der Waals surface area contributed by atoms with E-state index >= 15 is 0 Å². The van der Waals surface area contributed by atoms with Gasteiger partial charge in [0.1, 0.15) is 17.8 Å². The largest absolute Gasteiger partial charge is 0.508 e. The molecule has 39 heavy (non-hydrogen) atoms. The molecule has 0 radical (unpaired) electrons. The number of phenols is 1. The van der Waals surface area contributed by atoms with Gasteiger partial charge in [-0.25, -0.2) is 0 Å². The second-order valence-electron chi connectivity index (χ2n) is 10.4. The maximum atomic E-state index is 13.5. The minimum absolute atomic E-state index is 0.0511. The number of nitrogens with two attached hydrogens (primary N) is 2. The molecule has 2 aromatic carbocycles. The summed E-state index contributed by atoms with van der Waals surface area (Å²) in [5.41, 5.74) is 13.5. The van der Waals surface area contributed by atoms with E-state index in [4.69, 9.17) is 11.5 Å².